The number of nitrogens with zero attached hydrogens (tertiary/aromatic N) is 2. The van der Waals surface area contributed by atoms with Crippen molar-refractivity contribution >= 4 is 0 Å². The molecule has 0 saturated carbocycles. The van der Waals surface area contributed by atoms with E-state index in [0.717, 1.165) is 25.4 Å². The Balaban J connectivity index is 1.86. The second kappa shape index (κ2) is 4.57. The minimum absolute atomic E-state index is 0.419. The van der Waals surface area contributed by atoms with Gasteiger partial charge in [-0.05, 0) is 12.0 Å². The molecule has 1 aromatic heterocycles. The summed E-state index contributed by atoms with van der Waals surface area (Å²) < 4.78 is 5.53. The van der Waals surface area contributed by atoms with Crippen LogP contribution in [0.5, 0.6) is 5.88 Å². The fourth-order valence-corrected chi connectivity index (χ4v) is 1.38. The van der Waals surface area contributed by atoms with E-state index in [0.29, 0.717) is 17.7 Å². The topological polar surface area (TPSA) is 47.0 Å². The molecular weight excluding hydrogens is 190 g/mol. The highest BCUT2D eigenvalue weighted by Gasteiger charge is 2.17. The van der Waals surface area contributed by atoms with Crippen molar-refractivity contribution in [3.8, 4) is 5.88 Å². The summed E-state index contributed by atoms with van der Waals surface area (Å²) in [5, 5.41) is 11.4. The van der Waals surface area contributed by atoms with Gasteiger partial charge in [-0.1, -0.05) is 13.8 Å². The molecule has 1 aromatic rings. The van der Waals surface area contributed by atoms with Crippen LogP contribution in [0.3, 0.4) is 0 Å². The number of hydrogen-bond acceptors (Lipinski definition) is 4. The van der Waals surface area contributed by atoms with Crippen molar-refractivity contribution in [3.05, 3.63) is 17.8 Å². The summed E-state index contributed by atoms with van der Waals surface area (Å²) in [5.41, 5.74) is 1.01. The average molecular weight is 207 g/mol. The quantitative estimate of drug-likeness (QED) is 0.806. The van der Waals surface area contributed by atoms with E-state index in [1.54, 1.807) is 0 Å². The van der Waals surface area contributed by atoms with Crippen molar-refractivity contribution in [1.29, 1.82) is 0 Å². The second-order valence-corrected chi connectivity index (χ2v) is 4.29. The Labute approximate surface area is 90.1 Å². The predicted octanol–water partition coefficient (Wildman–Crippen LogP) is 1.20. The van der Waals surface area contributed by atoms with Crippen molar-refractivity contribution in [2.24, 2.45) is 5.92 Å². The molecule has 0 amide bonds. The molecule has 0 atom stereocenters. The van der Waals surface area contributed by atoms with Crippen LogP contribution in [0.1, 0.15) is 25.5 Å². The highest BCUT2D eigenvalue weighted by Crippen LogP contribution is 2.13. The summed E-state index contributed by atoms with van der Waals surface area (Å²) in [6.07, 6.45) is 0. The van der Waals surface area contributed by atoms with Gasteiger partial charge in [-0.3, -0.25) is 0 Å². The largest absolute Gasteiger partial charge is 0.476 e. The molecule has 4 nitrogen and oxygen atoms in total. The maximum absolute atomic E-state index is 5.53. The molecule has 2 rings (SSSR count). The highest BCUT2D eigenvalue weighted by molar-refractivity contribution is 5.13. The SMILES string of the molecule is CC(C)c1ccc(OCC2CNC2)nn1. The first-order valence-corrected chi connectivity index (χ1v) is 5.43. The monoisotopic (exact) mass is 207 g/mol. The van der Waals surface area contributed by atoms with Crippen LogP contribution < -0.4 is 10.1 Å². The molecule has 15 heavy (non-hydrogen) atoms. The Morgan fingerprint density at radius 3 is 2.67 bits per heavy atom. The van der Waals surface area contributed by atoms with Gasteiger partial charge in [0.15, 0.2) is 0 Å². The standard InChI is InChI=1S/C11H17N3O/c1-8(2)10-3-4-11(14-13-10)15-7-9-5-12-6-9/h3-4,8-9,12H,5-7H2,1-2H3. The summed E-state index contributed by atoms with van der Waals surface area (Å²) in [7, 11) is 0. The zero-order valence-electron chi connectivity index (χ0n) is 9.23. The van der Waals surface area contributed by atoms with Gasteiger partial charge >= 0.3 is 0 Å². The van der Waals surface area contributed by atoms with Crippen LogP contribution in [0, 0.1) is 5.92 Å². The Morgan fingerprint density at radius 1 is 1.40 bits per heavy atom. The lowest BCUT2D eigenvalue weighted by molar-refractivity contribution is 0.192. The van der Waals surface area contributed by atoms with Gasteiger partial charge in [0.25, 0.3) is 0 Å². The lowest BCUT2D eigenvalue weighted by atomic mass is 10.1. The van der Waals surface area contributed by atoms with Crippen LogP contribution in [0.15, 0.2) is 12.1 Å². The Hall–Kier alpha value is -1.16. The van der Waals surface area contributed by atoms with Crippen LogP contribution >= 0.6 is 0 Å². The molecule has 1 aliphatic heterocycles. The van der Waals surface area contributed by atoms with Crippen LogP contribution in [0.25, 0.3) is 0 Å². The van der Waals surface area contributed by atoms with Gasteiger partial charge in [-0.2, -0.15) is 5.10 Å². The summed E-state index contributed by atoms with van der Waals surface area (Å²) >= 11 is 0. The fraction of sp³-hybridized carbons (Fsp3) is 0.636. The van der Waals surface area contributed by atoms with Crippen LogP contribution in [-0.2, 0) is 0 Å². The fourth-order valence-electron chi connectivity index (χ4n) is 1.38. The van der Waals surface area contributed by atoms with Gasteiger partial charge in [-0.25, -0.2) is 0 Å². The lowest BCUT2D eigenvalue weighted by Crippen LogP contribution is -2.45. The molecule has 1 fully saturated rings. The maximum Gasteiger partial charge on any atom is 0.233 e. The van der Waals surface area contributed by atoms with E-state index in [4.69, 9.17) is 4.74 Å². The molecule has 1 N–H and O–H groups in total. The minimum atomic E-state index is 0.419. The predicted molar refractivity (Wildman–Crippen MR) is 58.0 cm³/mol. The van der Waals surface area contributed by atoms with Gasteiger partial charge in [-0.15, -0.1) is 5.10 Å². The molecule has 82 valence electrons. The lowest BCUT2D eigenvalue weighted by Gasteiger charge is -2.26. The van der Waals surface area contributed by atoms with E-state index in [1.165, 1.54) is 0 Å². The smallest absolute Gasteiger partial charge is 0.233 e. The molecule has 0 radical (unpaired) electrons. The van der Waals surface area contributed by atoms with E-state index in [-0.39, 0.29) is 0 Å². The zero-order chi connectivity index (χ0) is 10.7. The first kappa shape index (κ1) is 10.4. The van der Waals surface area contributed by atoms with Crippen molar-refractivity contribution in [2.45, 2.75) is 19.8 Å². The van der Waals surface area contributed by atoms with Crippen LogP contribution in [0.2, 0.25) is 0 Å². The van der Waals surface area contributed by atoms with Crippen molar-refractivity contribution in [1.82, 2.24) is 15.5 Å². The molecule has 1 saturated heterocycles. The molecule has 0 unspecified atom stereocenters. The van der Waals surface area contributed by atoms with Crippen molar-refractivity contribution < 1.29 is 4.74 Å². The number of aromatic nitrogens is 2. The van der Waals surface area contributed by atoms with Gasteiger partial charge < -0.3 is 10.1 Å². The number of rotatable bonds is 4. The Bertz CT molecular complexity index is 306. The number of hydrogen-bond donors (Lipinski definition) is 1. The van der Waals surface area contributed by atoms with E-state index in [1.807, 2.05) is 12.1 Å². The molecule has 0 aliphatic carbocycles. The highest BCUT2D eigenvalue weighted by atomic mass is 16.5. The molecule has 0 bridgehead atoms. The molecule has 2 heterocycles. The minimum Gasteiger partial charge on any atom is -0.476 e. The Kier molecular flexibility index (Phi) is 3.16. The number of ether oxygens (including phenoxy) is 1. The Morgan fingerprint density at radius 2 is 2.20 bits per heavy atom. The summed E-state index contributed by atoms with van der Waals surface area (Å²) in [6.45, 7) is 7.05. The third-order valence-electron chi connectivity index (χ3n) is 2.59. The molecule has 0 aromatic carbocycles. The van der Waals surface area contributed by atoms with Crippen molar-refractivity contribution in [2.75, 3.05) is 19.7 Å². The van der Waals surface area contributed by atoms with Crippen LogP contribution in [0.4, 0.5) is 0 Å². The van der Waals surface area contributed by atoms with E-state index in [9.17, 15) is 0 Å². The maximum atomic E-state index is 5.53. The summed E-state index contributed by atoms with van der Waals surface area (Å²) in [4.78, 5) is 0. The van der Waals surface area contributed by atoms with Gasteiger partial charge in [0, 0.05) is 25.1 Å². The third kappa shape index (κ3) is 2.65. The molecular formula is C11H17N3O. The average Bonchev–Trinajstić information content (AvgIpc) is 2.16. The summed E-state index contributed by atoms with van der Waals surface area (Å²) in [5.74, 6) is 1.69. The van der Waals surface area contributed by atoms with Gasteiger partial charge in [0.1, 0.15) is 0 Å². The van der Waals surface area contributed by atoms with E-state index in [2.05, 4.69) is 29.4 Å². The first-order valence-electron chi connectivity index (χ1n) is 5.43. The van der Waals surface area contributed by atoms with Crippen molar-refractivity contribution in [3.63, 3.8) is 0 Å². The summed E-state index contributed by atoms with van der Waals surface area (Å²) in [6, 6.07) is 3.88. The first-order chi connectivity index (χ1) is 7.25. The molecule has 0 spiro atoms. The number of nitrogens with one attached hydrogen (secondary N) is 1. The zero-order valence-corrected chi connectivity index (χ0v) is 9.23. The van der Waals surface area contributed by atoms with E-state index < -0.39 is 0 Å². The second-order valence-electron chi connectivity index (χ2n) is 4.29. The van der Waals surface area contributed by atoms with Gasteiger partial charge in [0.2, 0.25) is 5.88 Å². The van der Waals surface area contributed by atoms with E-state index >= 15 is 0 Å². The normalized spacial score (nSPS) is 16.5. The molecule has 4 heteroatoms. The third-order valence-corrected chi connectivity index (χ3v) is 2.59. The molecule has 1 aliphatic rings. The van der Waals surface area contributed by atoms with Crippen LogP contribution in [-0.4, -0.2) is 29.9 Å². The van der Waals surface area contributed by atoms with Gasteiger partial charge in [0.05, 0.1) is 12.3 Å².